The number of nitrogens with two attached hydrogens (primary N) is 1. The average molecular weight is 320 g/mol. The molecule has 0 rings (SSSR count). The summed E-state index contributed by atoms with van der Waals surface area (Å²) in [6, 6.07) is -0.690. The number of hydrogen-bond donors (Lipinski definition) is 5. The molecule has 0 spiro atoms. The molecule has 1 atom stereocenters. The standard InChI is InChI=1S/C6H13NO2.3HNO3/c1-4(2)3-5(7)6(8)9;3*2-1(3)4/h4-5H,3,7H2,1-2H3,(H,8,9);3*(H,2,3,4)/t5-;;;/m0.../s1. The highest BCUT2D eigenvalue weighted by molar-refractivity contribution is 5.72. The van der Waals surface area contributed by atoms with Crippen molar-refractivity contribution >= 4 is 5.97 Å². The van der Waals surface area contributed by atoms with Crippen LogP contribution in [0.1, 0.15) is 20.3 Å². The third kappa shape index (κ3) is 152. The average Bonchev–Trinajstić information content (AvgIpc) is 2.12. The summed E-state index contributed by atoms with van der Waals surface area (Å²) in [5, 5.41) is 49.2. The van der Waals surface area contributed by atoms with Gasteiger partial charge in [-0.25, -0.2) is 0 Å². The minimum atomic E-state index is -1.50. The van der Waals surface area contributed by atoms with Crippen molar-refractivity contribution in [2.75, 3.05) is 0 Å². The Bertz CT molecular complexity index is 279. The summed E-state index contributed by atoms with van der Waals surface area (Å²) < 4.78 is 0. The Morgan fingerprint density at radius 3 is 1.24 bits per heavy atom. The molecule has 0 amide bonds. The SMILES string of the molecule is CC(C)C[C@H](N)C(=O)O.O=[N+]([O-])O.O=[N+]([O-])O.O=[N+]([O-])O. The highest BCUT2D eigenvalue weighted by Crippen LogP contribution is 2.01. The van der Waals surface area contributed by atoms with Crippen molar-refractivity contribution in [1.82, 2.24) is 0 Å². The summed E-state index contributed by atoms with van der Waals surface area (Å²) in [6.07, 6.45) is 0.551. The molecule has 6 N–H and O–H groups in total. The number of carbonyl (C=O) groups is 1. The number of aliphatic carboxylic acids is 1. The van der Waals surface area contributed by atoms with Crippen LogP contribution >= 0.6 is 0 Å². The van der Waals surface area contributed by atoms with E-state index in [0.29, 0.717) is 12.3 Å². The Morgan fingerprint density at radius 1 is 1.00 bits per heavy atom. The number of hydrogen-bond acceptors (Lipinski definition) is 8. The maximum Gasteiger partial charge on any atom is 0.320 e. The number of carboxylic acids is 1. The molecule has 0 aliphatic heterocycles. The normalized spacial score (nSPS) is 9.33. The van der Waals surface area contributed by atoms with Crippen LogP contribution in [0.3, 0.4) is 0 Å². The molecule has 0 fully saturated rings. The van der Waals surface area contributed by atoms with Gasteiger partial charge in [0.25, 0.3) is 15.3 Å². The van der Waals surface area contributed by atoms with Crippen LogP contribution in [0, 0.1) is 36.3 Å². The van der Waals surface area contributed by atoms with Crippen molar-refractivity contribution in [3.05, 3.63) is 30.3 Å². The highest BCUT2D eigenvalue weighted by atomic mass is 16.9. The van der Waals surface area contributed by atoms with Crippen LogP contribution in [-0.2, 0) is 4.79 Å². The first-order chi connectivity index (χ1) is 9.23. The van der Waals surface area contributed by atoms with E-state index in [-0.39, 0.29) is 0 Å². The first kappa shape index (κ1) is 26.6. The van der Waals surface area contributed by atoms with Gasteiger partial charge in [0, 0.05) is 0 Å². The van der Waals surface area contributed by atoms with Gasteiger partial charge in [0.1, 0.15) is 6.04 Å². The van der Waals surface area contributed by atoms with E-state index in [4.69, 9.17) is 56.8 Å². The molecule has 0 aromatic heterocycles. The third-order valence-corrected chi connectivity index (χ3v) is 1.04. The lowest BCUT2D eigenvalue weighted by Crippen LogP contribution is -2.31. The van der Waals surface area contributed by atoms with E-state index >= 15 is 0 Å². The van der Waals surface area contributed by atoms with Crippen LogP contribution in [0.2, 0.25) is 0 Å². The largest absolute Gasteiger partial charge is 0.480 e. The Morgan fingerprint density at radius 2 is 1.19 bits per heavy atom. The summed E-state index contributed by atoms with van der Waals surface area (Å²) in [5.74, 6) is -0.556. The van der Waals surface area contributed by atoms with Gasteiger partial charge in [-0.15, -0.1) is 30.3 Å². The first-order valence-corrected chi connectivity index (χ1v) is 4.72. The molecule has 0 aliphatic rings. The van der Waals surface area contributed by atoms with Gasteiger partial charge in [0.2, 0.25) is 0 Å². The summed E-state index contributed by atoms with van der Waals surface area (Å²) in [5.41, 5.74) is 5.22. The van der Waals surface area contributed by atoms with Crippen molar-refractivity contribution in [3.63, 3.8) is 0 Å². The van der Waals surface area contributed by atoms with Crippen LogP contribution in [0.25, 0.3) is 0 Å². The molecular formula is C6H16N4O11. The number of nitrogens with zero attached hydrogens (tertiary/aromatic N) is 3. The van der Waals surface area contributed by atoms with Crippen LogP contribution < -0.4 is 5.73 Å². The highest BCUT2D eigenvalue weighted by Gasteiger charge is 2.11. The molecule has 0 saturated heterocycles. The Labute approximate surface area is 116 Å². The van der Waals surface area contributed by atoms with Gasteiger partial charge in [-0.1, -0.05) is 13.8 Å². The van der Waals surface area contributed by atoms with Crippen LogP contribution in [0.15, 0.2) is 0 Å². The van der Waals surface area contributed by atoms with E-state index in [9.17, 15) is 4.79 Å². The molecule has 0 aromatic carbocycles. The minimum Gasteiger partial charge on any atom is -0.480 e. The zero-order valence-corrected chi connectivity index (χ0v) is 10.9. The van der Waals surface area contributed by atoms with Gasteiger partial charge in [-0.05, 0) is 12.3 Å². The van der Waals surface area contributed by atoms with Crippen molar-refractivity contribution in [3.8, 4) is 0 Å². The molecule has 15 nitrogen and oxygen atoms in total. The summed E-state index contributed by atoms with van der Waals surface area (Å²) >= 11 is 0. The van der Waals surface area contributed by atoms with E-state index in [1.165, 1.54) is 0 Å². The van der Waals surface area contributed by atoms with E-state index in [2.05, 4.69) is 0 Å². The molecule has 126 valence electrons. The summed E-state index contributed by atoms with van der Waals surface area (Å²) in [7, 11) is 0. The maximum atomic E-state index is 10.1. The fraction of sp³-hybridized carbons (Fsp3) is 0.833. The monoisotopic (exact) mass is 320 g/mol. The molecule has 0 aliphatic carbocycles. The summed E-state index contributed by atoms with van der Waals surface area (Å²) in [4.78, 5) is 35.2. The smallest absolute Gasteiger partial charge is 0.320 e. The maximum absolute atomic E-state index is 10.1. The summed E-state index contributed by atoms with van der Waals surface area (Å²) in [6.45, 7) is 3.89. The molecule has 0 saturated carbocycles. The Balaban J connectivity index is -0.000000102. The minimum absolute atomic E-state index is 0.357. The zero-order chi connectivity index (χ0) is 18.2. The van der Waals surface area contributed by atoms with E-state index in [1.54, 1.807) is 0 Å². The molecule has 0 heterocycles. The lowest BCUT2D eigenvalue weighted by atomic mass is 10.1. The molecule has 0 unspecified atom stereocenters. The topological polar surface area (TPSA) is 253 Å². The second kappa shape index (κ2) is 17.0. The number of carboxylic acid groups (broad SMARTS) is 1. The van der Waals surface area contributed by atoms with E-state index in [0.717, 1.165) is 0 Å². The van der Waals surface area contributed by atoms with Crippen molar-refractivity contribution in [2.24, 2.45) is 11.7 Å². The molecular weight excluding hydrogens is 304 g/mol. The quantitative estimate of drug-likeness (QED) is 0.322. The Kier molecular flexibility index (Phi) is 21.5. The van der Waals surface area contributed by atoms with Crippen LogP contribution in [0.5, 0.6) is 0 Å². The fourth-order valence-corrected chi connectivity index (χ4v) is 0.609. The van der Waals surface area contributed by atoms with Crippen LogP contribution in [0.4, 0.5) is 0 Å². The van der Waals surface area contributed by atoms with Gasteiger partial charge in [0.15, 0.2) is 0 Å². The lowest BCUT2D eigenvalue weighted by Gasteiger charge is -2.07. The molecule has 21 heavy (non-hydrogen) atoms. The van der Waals surface area contributed by atoms with E-state index in [1.807, 2.05) is 13.8 Å². The van der Waals surface area contributed by atoms with Crippen molar-refractivity contribution < 1.29 is 40.8 Å². The molecule has 15 heteroatoms. The molecule has 0 radical (unpaired) electrons. The van der Waals surface area contributed by atoms with Crippen molar-refractivity contribution in [1.29, 1.82) is 0 Å². The molecule has 0 aromatic rings. The predicted octanol–water partition coefficient (Wildman–Crippen LogP) is -0.599. The Hall–Kier alpha value is -2.97. The van der Waals surface area contributed by atoms with Gasteiger partial charge in [-0.3, -0.25) is 4.79 Å². The van der Waals surface area contributed by atoms with Gasteiger partial charge in [0.05, 0.1) is 0 Å². The lowest BCUT2D eigenvalue weighted by molar-refractivity contribution is -0.742. The van der Waals surface area contributed by atoms with Gasteiger partial charge < -0.3 is 26.5 Å². The molecule has 0 bridgehead atoms. The van der Waals surface area contributed by atoms with E-state index < -0.39 is 27.3 Å². The first-order valence-electron chi connectivity index (χ1n) is 4.72. The fourth-order valence-electron chi connectivity index (χ4n) is 0.609. The zero-order valence-electron chi connectivity index (χ0n) is 10.9. The second-order valence-electron chi connectivity index (χ2n) is 3.29. The third-order valence-electron chi connectivity index (χ3n) is 1.04. The van der Waals surface area contributed by atoms with Gasteiger partial charge >= 0.3 is 5.97 Å². The number of rotatable bonds is 3. The predicted molar refractivity (Wildman–Crippen MR) is 61.4 cm³/mol. The second-order valence-corrected chi connectivity index (χ2v) is 3.29. The van der Waals surface area contributed by atoms with Crippen molar-refractivity contribution in [2.45, 2.75) is 26.3 Å². The van der Waals surface area contributed by atoms with Crippen LogP contribution in [-0.4, -0.2) is 48.0 Å². The van der Waals surface area contributed by atoms with Gasteiger partial charge in [-0.2, -0.15) is 0 Å².